The second kappa shape index (κ2) is 6.91. The standard InChI is InChI=1S/C21H25NO/c1-3-5-6-10-17-15(4-2)12-13-20(23)21(17)19-14-16-9-7-8-11-18(16)22-19/h7-9,11-14,22-23H,3-6,10H2,1-2H3. The summed E-state index contributed by atoms with van der Waals surface area (Å²) >= 11 is 0. The molecule has 3 aromatic rings. The van der Waals surface area contributed by atoms with Crippen LogP contribution in [0.2, 0.25) is 0 Å². The lowest BCUT2D eigenvalue weighted by molar-refractivity contribution is 0.476. The van der Waals surface area contributed by atoms with Crippen molar-refractivity contribution in [3.8, 4) is 17.0 Å². The summed E-state index contributed by atoms with van der Waals surface area (Å²) in [7, 11) is 0. The fourth-order valence-corrected chi connectivity index (χ4v) is 3.36. The summed E-state index contributed by atoms with van der Waals surface area (Å²) in [6.07, 6.45) is 5.62. The molecule has 1 heterocycles. The van der Waals surface area contributed by atoms with Crippen LogP contribution in [0.5, 0.6) is 5.75 Å². The van der Waals surface area contributed by atoms with E-state index in [0.717, 1.165) is 29.6 Å². The predicted molar refractivity (Wildman–Crippen MR) is 98.0 cm³/mol. The zero-order chi connectivity index (χ0) is 16.2. The molecule has 0 aliphatic heterocycles. The van der Waals surface area contributed by atoms with E-state index in [0.29, 0.717) is 5.75 Å². The van der Waals surface area contributed by atoms with Crippen molar-refractivity contribution in [3.05, 3.63) is 53.6 Å². The van der Waals surface area contributed by atoms with Crippen LogP contribution in [-0.4, -0.2) is 10.1 Å². The number of unbranched alkanes of at least 4 members (excludes halogenated alkanes) is 2. The van der Waals surface area contributed by atoms with Gasteiger partial charge in [-0.05, 0) is 48.6 Å². The molecule has 0 amide bonds. The highest BCUT2D eigenvalue weighted by Crippen LogP contribution is 2.37. The molecule has 0 saturated carbocycles. The minimum absolute atomic E-state index is 0.375. The number of aromatic nitrogens is 1. The van der Waals surface area contributed by atoms with Crippen LogP contribution >= 0.6 is 0 Å². The fraction of sp³-hybridized carbons (Fsp3) is 0.333. The first-order chi connectivity index (χ1) is 11.2. The smallest absolute Gasteiger partial charge is 0.125 e. The Morgan fingerprint density at radius 3 is 2.57 bits per heavy atom. The molecule has 120 valence electrons. The maximum absolute atomic E-state index is 10.5. The Labute approximate surface area is 138 Å². The molecule has 2 nitrogen and oxygen atoms in total. The summed E-state index contributed by atoms with van der Waals surface area (Å²) in [6.45, 7) is 4.41. The Morgan fingerprint density at radius 2 is 1.83 bits per heavy atom. The second-order valence-corrected chi connectivity index (χ2v) is 6.18. The molecule has 3 rings (SSSR count). The van der Waals surface area contributed by atoms with Crippen LogP contribution in [0.15, 0.2) is 42.5 Å². The SMILES string of the molecule is CCCCCc1c(CC)ccc(O)c1-c1cc2ccccc2[nH]1. The van der Waals surface area contributed by atoms with Crippen molar-refractivity contribution in [1.29, 1.82) is 0 Å². The highest BCUT2D eigenvalue weighted by molar-refractivity contribution is 5.88. The minimum atomic E-state index is 0.375. The molecule has 0 atom stereocenters. The summed E-state index contributed by atoms with van der Waals surface area (Å²) in [5, 5.41) is 11.7. The molecular weight excluding hydrogens is 282 g/mol. The largest absolute Gasteiger partial charge is 0.507 e. The Balaban J connectivity index is 2.12. The fourth-order valence-electron chi connectivity index (χ4n) is 3.36. The number of hydrogen-bond acceptors (Lipinski definition) is 1. The average Bonchev–Trinajstić information content (AvgIpc) is 2.98. The Hall–Kier alpha value is -2.22. The van der Waals surface area contributed by atoms with Gasteiger partial charge in [0.25, 0.3) is 0 Å². The molecule has 0 aliphatic rings. The summed E-state index contributed by atoms with van der Waals surface area (Å²) in [5.41, 5.74) is 5.76. The normalized spacial score (nSPS) is 11.2. The van der Waals surface area contributed by atoms with Gasteiger partial charge in [-0.15, -0.1) is 0 Å². The van der Waals surface area contributed by atoms with E-state index in [2.05, 4.69) is 43.1 Å². The lowest BCUT2D eigenvalue weighted by atomic mass is 9.92. The van der Waals surface area contributed by atoms with Crippen LogP contribution in [0.1, 0.15) is 44.2 Å². The number of phenols is 1. The number of rotatable bonds is 6. The molecule has 0 saturated heterocycles. The molecular formula is C21H25NO. The third-order valence-electron chi connectivity index (χ3n) is 4.60. The number of aromatic amines is 1. The third-order valence-corrected chi connectivity index (χ3v) is 4.60. The molecule has 2 heteroatoms. The first-order valence-electron chi connectivity index (χ1n) is 8.66. The molecule has 0 bridgehead atoms. The monoisotopic (exact) mass is 307 g/mol. The van der Waals surface area contributed by atoms with Gasteiger partial charge in [-0.1, -0.05) is 51.0 Å². The number of nitrogens with one attached hydrogen (secondary N) is 1. The van der Waals surface area contributed by atoms with Crippen LogP contribution in [0.3, 0.4) is 0 Å². The molecule has 0 unspecified atom stereocenters. The van der Waals surface area contributed by atoms with Gasteiger partial charge in [-0.25, -0.2) is 0 Å². The first kappa shape index (κ1) is 15.7. The molecule has 2 aromatic carbocycles. The van der Waals surface area contributed by atoms with Crippen molar-refractivity contribution < 1.29 is 5.11 Å². The van der Waals surface area contributed by atoms with E-state index >= 15 is 0 Å². The zero-order valence-electron chi connectivity index (χ0n) is 14.0. The number of aromatic hydroxyl groups is 1. The Kier molecular flexibility index (Phi) is 4.71. The average molecular weight is 307 g/mol. The van der Waals surface area contributed by atoms with Crippen molar-refractivity contribution in [2.45, 2.75) is 46.0 Å². The quantitative estimate of drug-likeness (QED) is 0.552. The summed E-state index contributed by atoms with van der Waals surface area (Å²) < 4.78 is 0. The number of aryl methyl sites for hydroxylation is 1. The van der Waals surface area contributed by atoms with E-state index < -0.39 is 0 Å². The highest BCUT2D eigenvalue weighted by Gasteiger charge is 2.15. The number of phenolic OH excluding ortho intramolecular Hbond substituents is 1. The number of fused-ring (bicyclic) bond motifs is 1. The van der Waals surface area contributed by atoms with Crippen molar-refractivity contribution >= 4 is 10.9 Å². The van der Waals surface area contributed by atoms with Crippen LogP contribution in [0.4, 0.5) is 0 Å². The Morgan fingerprint density at radius 1 is 1.00 bits per heavy atom. The molecule has 1 aromatic heterocycles. The summed E-state index contributed by atoms with van der Waals surface area (Å²) in [4.78, 5) is 3.47. The van der Waals surface area contributed by atoms with Gasteiger partial charge in [0.05, 0.1) is 5.69 Å². The maximum Gasteiger partial charge on any atom is 0.125 e. The number of H-pyrrole nitrogens is 1. The van der Waals surface area contributed by atoms with Gasteiger partial charge in [0.2, 0.25) is 0 Å². The lowest BCUT2D eigenvalue weighted by Gasteiger charge is -2.15. The number of hydrogen-bond donors (Lipinski definition) is 2. The van der Waals surface area contributed by atoms with Gasteiger partial charge in [-0.2, -0.15) is 0 Å². The summed E-state index contributed by atoms with van der Waals surface area (Å²) in [5.74, 6) is 0.375. The zero-order valence-corrected chi connectivity index (χ0v) is 14.0. The van der Waals surface area contributed by atoms with Gasteiger partial charge < -0.3 is 10.1 Å². The van der Waals surface area contributed by atoms with Crippen LogP contribution in [0, 0.1) is 0 Å². The number of benzene rings is 2. The maximum atomic E-state index is 10.5. The van der Waals surface area contributed by atoms with Gasteiger partial charge in [0, 0.05) is 16.5 Å². The minimum Gasteiger partial charge on any atom is -0.507 e. The molecule has 0 radical (unpaired) electrons. The molecule has 0 spiro atoms. The van der Waals surface area contributed by atoms with Gasteiger partial charge in [0.15, 0.2) is 0 Å². The topological polar surface area (TPSA) is 36.0 Å². The molecule has 0 fully saturated rings. The predicted octanol–water partition coefficient (Wildman–Crippen LogP) is 5.84. The van der Waals surface area contributed by atoms with E-state index in [-0.39, 0.29) is 0 Å². The Bertz CT molecular complexity index is 768. The van der Waals surface area contributed by atoms with E-state index in [9.17, 15) is 5.11 Å². The summed E-state index contributed by atoms with van der Waals surface area (Å²) in [6, 6.07) is 14.3. The van der Waals surface area contributed by atoms with Crippen LogP contribution in [-0.2, 0) is 12.8 Å². The van der Waals surface area contributed by atoms with Crippen molar-refractivity contribution in [3.63, 3.8) is 0 Å². The van der Waals surface area contributed by atoms with Crippen molar-refractivity contribution in [2.75, 3.05) is 0 Å². The van der Waals surface area contributed by atoms with Crippen molar-refractivity contribution in [1.82, 2.24) is 4.98 Å². The number of para-hydroxylation sites is 1. The van der Waals surface area contributed by atoms with Gasteiger partial charge in [0.1, 0.15) is 5.75 Å². The van der Waals surface area contributed by atoms with E-state index in [1.54, 1.807) is 0 Å². The second-order valence-electron chi connectivity index (χ2n) is 6.18. The third kappa shape index (κ3) is 3.12. The van der Waals surface area contributed by atoms with E-state index in [1.807, 2.05) is 18.2 Å². The molecule has 23 heavy (non-hydrogen) atoms. The van der Waals surface area contributed by atoms with Crippen LogP contribution in [0.25, 0.3) is 22.2 Å². The van der Waals surface area contributed by atoms with E-state index in [1.165, 1.54) is 35.8 Å². The van der Waals surface area contributed by atoms with Crippen molar-refractivity contribution in [2.24, 2.45) is 0 Å². The lowest BCUT2D eigenvalue weighted by Crippen LogP contribution is -1.98. The van der Waals surface area contributed by atoms with Gasteiger partial charge >= 0.3 is 0 Å². The van der Waals surface area contributed by atoms with E-state index in [4.69, 9.17) is 0 Å². The molecule has 0 aliphatic carbocycles. The van der Waals surface area contributed by atoms with Crippen LogP contribution < -0.4 is 0 Å². The molecule has 2 N–H and O–H groups in total. The van der Waals surface area contributed by atoms with Gasteiger partial charge in [-0.3, -0.25) is 0 Å². The first-order valence-corrected chi connectivity index (χ1v) is 8.66. The highest BCUT2D eigenvalue weighted by atomic mass is 16.3.